The molecule has 19 heavy (non-hydrogen) atoms. The summed E-state index contributed by atoms with van der Waals surface area (Å²) in [4.78, 5) is 4.19. The van der Waals surface area contributed by atoms with Crippen LogP contribution >= 0.6 is 0 Å². The molecule has 2 heterocycles. The zero-order chi connectivity index (χ0) is 13.9. The molecule has 108 valence electrons. The van der Waals surface area contributed by atoms with Gasteiger partial charge in [-0.05, 0) is 45.2 Å². The van der Waals surface area contributed by atoms with Gasteiger partial charge >= 0.3 is 0 Å². The predicted octanol–water partition coefficient (Wildman–Crippen LogP) is 1.11. The Morgan fingerprint density at radius 1 is 1.42 bits per heavy atom. The fraction of sp³-hybridized carbons (Fsp3) is 0.833. The van der Waals surface area contributed by atoms with Gasteiger partial charge < -0.3 is 9.84 Å². The molecule has 0 aliphatic carbocycles. The van der Waals surface area contributed by atoms with E-state index in [9.17, 15) is 8.42 Å². The van der Waals surface area contributed by atoms with Crippen LogP contribution in [-0.4, -0.2) is 37.9 Å². The SMILES string of the molecule is CC(c1noc(CCC2CCNCC2)n1)S(C)(=O)=O. The van der Waals surface area contributed by atoms with Crippen LogP contribution in [0.4, 0.5) is 0 Å². The normalized spacial score (nSPS) is 19.5. The first-order chi connectivity index (χ1) is 8.97. The van der Waals surface area contributed by atoms with Crippen molar-refractivity contribution in [1.29, 1.82) is 0 Å². The zero-order valence-corrected chi connectivity index (χ0v) is 12.2. The van der Waals surface area contributed by atoms with Crippen molar-refractivity contribution >= 4 is 9.84 Å². The van der Waals surface area contributed by atoms with Gasteiger partial charge in [-0.25, -0.2) is 8.42 Å². The van der Waals surface area contributed by atoms with E-state index < -0.39 is 15.1 Å². The molecule has 1 fully saturated rings. The van der Waals surface area contributed by atoms with Gasteiger partial charge in [0.2, 0.25) is 5.89 Å². The highest BCUT2D eigenvalue weighted by atomic mass is 32.2. The number of aryl methyl sites for hydroxylation is 1. The number of hydrogen-bond acceptors (Lipinski definition) is 6. The van der Waals surface area contributed by atoms with Gasteiger partial charge in [-0.3, -0.25) is 0 Å². The van der Waals surface area contributed by atoms with Gasteiger partial charge in [0.15, 0.2) is 15.7 Å². The summed E-state index contributed by atoms with van der Waals surface area (Å²) in [5.74, 6) is 1.51. The number of sulfone groups is 1. The van der Waals surface area contributed by atoms with Crippen molar-refractivity contribution in [2.75, 3.05) is 19.3 Å². The summed E-state index contributed by atoms with van der Waals surface area (Å²) in [6, 6.07) is 0. The van der Waals surface area contributed by atoms with Crippen LogP contribution in [0.5, 0.6) is 0 Å². The van der Waals surface area contributed by atoms with Gasteiger partial charge in [0, 0.05) is 12.7 Å². The van der Waals surface area contributed by atoms with E-state index in [1.807, 2.05) is 0 Å². The van der Waals surface area contributed by atoms with Crippen LogP contribution in [0.3, 0.4) is 0 Å². The summed E-state index contributed by atoms with van der Waals surface area (Å²) in [6.45, 7) is 3.73. The molecule has 0 aromatic carbocycles. The molecular weight excluding hydrogens is 266 g/mol. The Labute approximate surface area is 113 Å². The van der Waals surface area contributed by atoms with Crippen molar-refractivity contribution in [2.45, 2.75) is 37.9 Å². The maximum absolute atomic E-state index is 11.4. The van der Waals surface area contributed by atoms with Crippen molar-refractivity contribution < 1.29 is 12.9 Å². The number of piperidine rings is 1. The number of nitrogens with one attached hydrogen (secondary N) is 1. The number of rotatable bonds is 5. The van der Waals surface area contributed by atoms with E-state index in [4.69, 9.17) is 4.52 Å². The smallest absolute Gasteiger partial charge is 0.226 e. The molecule has 1 aliphatic rings. The van der Waals surface area contributed by atoms with Crippen LogP contribution in [0.25, 0.3) is 0 Å². The minimum atomic E-state index is -3.17. The van der Waals surface area contributed by atoms with Crippen molar-refractivity contribution in [3.63, 3.8) is 0 Å². The van der Waals surface area contributed by atoms with Crippen LogP contribution in [0, 0.1) is 5.92 Å². The van der Waals surface area contributed by atoms with E-state index >= 15 is 0 Å². The average molecular weight is 287 g/mol. The van der Waals surface area contributed by atoms with Crippen molar-refractivity contribution in [1.82, 2.24) is 15.5 Å². The third-order valence-electron chi connectivity index (χ3n) is 3.71. The van der Waals surface area contributed by atoms with Gasteiger partial charge in [0.25, 0.3) is 0 Å². The molecule has 1 aromatic heterocycles. The molecule has 0 radical (unpaired) electrons. The van der Waals surface area contributed by atoms with Gasteiger partial charge in [-0.2, -0.15) is 4.98 Å². The lowest BCUT2D eigenvalue weighted by molar-refractivity contribution is 0.323. The largest absolute Gasteiger partial charge is 0.339 e. The first-order valence-corrected chi connectivity index (χ1v) is 8.64. The average Bonchev–Trinajstić information content (AvgIpc) is 2.84. The molecule has 1 atom stereocenters. The standard InChI is InChI=1S/C12H21N3O3S/c1-9(19(2,16)17)12-14-11(18-15-12)4-3-10-5-7-13-8-6-10/h9-10,13H,3-8H2,1-2H3. The first-order valence-electron chi connectivity index (χ1n) is 6.69. The van der Waals surface area contributed by atoms with E-state index in [0.717, 1.165) is 25.9 Å². The van der Waals surface area contributed by atoms with E-state index in [1.165, 1.54) is 19.1 Å². The Morgan fingerprint density at radius 2 is 2.11 bits per heavy atom. The van der Waals surface area contributed by atoms with Crippen molar-refractivity contribution in [2.24, 2.45) is 5.92 Å². The summed E-state index contributed by atoms with van der Waals surface area (Å²) in [6.07, 6.45) is 5.30. The molecule has 6 nitrogen and oxygen atoms in total. The van der Waals surface area contributed by atoms with E-state index in [2.05, 4.69) is 15.5 Å². The fourth-order valence-corrected chi connectivity index (χ4v) is 2.70. The van der Waals surface area contributed by atoms with Crippen LogP contribution in [0.15, 0.2) is 4.52 Å². The second-order valence-corrected chi connectivity index (χ2v) is 7.62. The Bertz CT molecular complexity index is 506. The molecule has 0 bridgehead atoms. The summed E-state index contributed by atoms with van der Waals surface area (Å²) >= 11 is 0. The Morgan fingerprint density at radius 3 is 2.74 bits per heavy atom. The molecular formula is C12H21N3O3S. The maximum Gasteiger partial charge on any atom is 0.226 e. The second-order valence-electron chi connectivity index (χ2n) is 5.25. The molecule has 1 saturated heterocycles. The highest BCUT2D eigenvalue weighted by molar-refractivity contribution is 7.90. The van der Waals surface area contributed by atoms with Crippen molar-refractivity contribution in [3.8, 4) is 0 Å². The lowest BCUT2D eigenvalue weighted by Gasteiger charge is -2.21. The Hall–Kier alpha value is -0.950. The molecule has 0 spiro atoms. The minimum Gasteiger partial charge on any atom is -0.339 e. The van der Waals surface area contributed by atoms with Crippen LogP contribution in [-0.2, 0) is 16.3 Å². The van der Waals surface area contributed by atoms with Gasteiger partial charge in [-0.1, -0.05) is 5.16 Å². The number of hydrogen-bond donors (Lipinski definition) is 1. The molecule has 2 rings (SSSR count). The molecule has 1 aromatic rings. The van der Waals surface area contributed by atoms with Gasteiger partial charge in [-0.15, -0.1) is 0 Å². The lowest BCUT2D eigenvalue weighted by Crippen LogP contribution is -2.27. The summed E-state index contributed by atoms with van der Waals surface area (Å²) in [5.41, 5.74) is 0. The summed E-state index contributed by atoms with van der Waals surface area (Å²) in [7, 11) is -3.17. The number of aromatic nitrogens is 2. The van der Waals surface area contributed by atoms with E-state index in [0.29, 0.717) is 11.8 Å². The first kappa shape index (κ1) is 14.5. The topological polar surface area (TPSA) is 85.1 Å². The van der Waals surface area contributed by atoms with Crippen LogP contribution in [0.1, 0.15) is 43.2 Å². The molecule has 1 N–H and O–H groups in total. The van der Waals surface area contributed by atoms with E-state index in [1.54, 1.807) is 6.92 Å². The maximum atomic E-state index is 11.4. The summed E-state index contributed by atoms with van der Waals surface area (Å²) < 4.78 is 28.0. The van der Waals surface area contributed by atoms with Crippen molar-refractivity contribution in [3.05, 3.63) is 11.7 Å². The lowest BCUT2D eigenvalue weighted by atomic mass is 9.93. The van der Waals surface area contributed by atoms with E-state index in [-0.39, 0.29) is 5.82 Å². The Balaban J connectivity index is 1.90. The van der Waals surface area contributed by atoms with Crippen LogP contribution < -0.4 is 5.32 Å². The predicted molar refractivity (Wildman–Crippen MR) is 71.5 cm³/mol. The third kappa shape index (κ3) is 4.01. The molecule has 7 heteroatoms. The fourth-order valence-electron chi connectivity index (χ4n) is 2.22. The second kappa shape index (κ2) is 6.00. The quantitative estimate of drug-likeness (QED) is 0.873. The molecule has 0 amide bonds. The summed E-state index contributed by atoms with van der Waals surface area (Å²) in [5, 5.41) is 6.39. The number of nitrogens with zero attached hydrogens (tertiary/aromatic N) is 2. The van der Waals surface area contributed by atoms with Crippen LogP contribution in [0.2, 0.25) is 0 Å². The third-order valence-corrected chi connectivity index (χ3v) is 5.21. The molecule has 0 saturated carbocycles. The van der Waals surface area contributed by atoms with Gasteiger partial charge in [0.05, 0.1) is 0 Å². The molecule has 1 unspecified atom stereocenters. The monoisotopic (exact) mass is 287 g/mol. The van der Waals surface area contributed by atoms with Gasteiger partial charge in [0.1, 0.15) is 5.25 Å². The highest BCUT2D eigenvalue weighted by Crippen LogP contribution is 2.21. The zero-order valence-electron chi connectivity index (χ0n) is 11.4. The Kier molecular flexibility index (Phi) is 4.57. The highest BCUT2D eigenvalue weighted by Gasteiger charge is 2.23. The minimum absolute atomic E-state index is 0.266. The molecule has 1 aliphatic heterocycles.